The van der Waals surface area contributed by atoms with Crippen LogP contribution in [0.25, 0.3) is 11.1 Å². The van der Waals surface area contributed by atoms with E-state index in [2.05, 4.69) is 22.0 Å². The molecule has 2 fully saturated rings. The molecule has 0 aromatic heterocycles. The van der Waals surface area contributed by atoms with Crippen LogP contribution in [0.3, 0.4) is 0 Å². The van der Waals surface area contributed by atoms with Gasteiger partial charge < -0.3 is 16.0 Å². The van der Waals surface area contributed by atoms with Gasteiger partial charge in [0, 0.05) is 18.2 Å². The lowest BCUT2D eigenvalue weighted by Gasteiger charge is -2.53. The van der Waals surface area contributed by atoms with Crippen molar-refractivity contribution in [1.82, 2.24) is 10.6 Å². The number of anilines is 1. The molecule has 3 N–H and O–H groups in total. The van der Waals surface area contributed by atoms with E-state index in [1.165, 1.54) is 0 Å². The molecule has 0 bridgehead atoms. The molecule has 1 aliphatic carbocycles. The maximum absolute atomic E-state index is 12.4. The summed E-state index contributed by atoms with van der Waals surface area (Å²) in [7, 11) is 0. The number of hydrogen-bond donors (Lipinski definition) is 3. The molecular weight excluding hydrogens is 364 g/mol. The number of benzene rings is 2. The first kappa shape index (κ1) is 17.9. The van der Waals surface area contributed by atoms with E-state index in [4.69, 9.17) is 0 Å². The van der Waals surface area contributed by atoms with Crippen LogP contribution in [0.4, 0.5) is 5.69 Å². The van der Waals surface area contributed by atoms with Gasteiger partial charge in [-0.15, -0.1) is 0 Å². The topological polar surface area (TPSA) is 94.0 Å². The van der Waals surface area contributed by atoms with Gasteiger partial charge in [-0.2, -0.15) is 5.26 Å². The van der Waals surface area contributed by atoms with Gasteiger partial charge in [0.1, 0.15) is 6.04 Å². The molecule has 0 radical (unpaired) electrons. The lowest BCUT2D eigenvalue weighted by Crippen LogP contribution is -2.71. The summed E-state index contributed by atoms with van der Waals surface area (Å²) in [5, 5.41) is 18.5. The highest BCUT2D eigenvalue weighted by molar-refractivity contribution is 6.01. The molecule has 2 aromatic rings. The Morgan fingerprint density at radius 2 is 2.03 bits per heavy atom. The van der Waals surface area contributed by atoms with Crippen LogP contribution in [0.2, 0.25) is 0 Å². The third-order valence-electron chi connectivity index (χ3n) is 6.40. The number of nitrogens with one attached hydrogen (secondary N) is 3. The lowest BCUT2D eigenvalue weighted by molar-refractivity contribution is -0.132. The quantitative estimate of drug-likeness (QED) is 0.734. The van der Waals surface area contributed by atoms with Crippen LogP contribution in [0.5, 0.6) is 0 Å². The summed E-state index contributed by atoms with van der Waals surface area (Å²) < 4.78 is 0. The number of rotatable bonds is 5. The van der Waals surface area contributed by atoms with Crippen LogP contribution in [0.1, 0.15) is 24.0 Å². The van der Waals surface area contributed by atoms with Gasteiger partial charge in [0.2, 0.25) is 11.8 Å². The Bertz CT molecular complexity index is 1020. The summed E-state index contributed by atoms with van der Waals surface area (Å²) in [6.45, 7) is 0. The van der Waals surface area contributed by atoms with Crippen molar-refractivity contribution in [1.29, 1.82) is 5.26 Å². The second kappa shape index (κ2) is 7.02. The van der Waals surface area contributed by atoms with Gasteiger partial charge in [-0.05, 0) is 47.1 Å². The normalized spacial score (nSPS) is 24.8. The van der Waals surface area contributed by atoms with E-state index in [0.717, 1.165) is 40.8 Å². The second-order valence-corrected chi connectivity index (χ2v) is 8.14. The molecule has 3 aliphatic rings. The van der Waals surface area contributed by atoms with E-state index in [1.54, 1.807) is 0 Å². The zero-order valence-electron chi connectivity index (χ0n) is 15.9. The molecule has 2 aromatic carbocycles. The predicted octanol–water partition coefficient (Wildman–Crippen LogP) is 2.15. The summed E-state index contributed by atoms with van der Waals surface area (Å²) >= 11 is 0. The Balaban J connectivity index is 1.26. The highest BCUT2D eigenvalue weighted by Gasteiger charge is 2.50. The summed E-state index contributed by atoms with van der Waals surface area (Å²) in [5.74, 6) is 0.402. The second-order valence-electron chi connectivity index (χ2n) is 8.14. The molecule has 5 rings (SSSR count). The van der Waals surface area contributed by atoms with E-state index in [-0.39, 0.29) is 17.9 Å². The van der Waals surface area contributed by atoms with Gasteiger partial charge in [0.25, 0.3) is 0 Å². The largest absolute Gasteiger partial charge is 0.339 e. The van der Waals surface area contributed by atoms with Crippen LogP contribution in [0, 0.1) is 17.2 Å². The minimum Gasteiger partial charge on any atom is -0.339 e. The Kier molecular flexibility index (Phi) is 4.33. The minimum atomic E-state index is -0.544. The zero-order valence-corrected chi connectivity index (χ0v) is 15.9. The number of carbonyl (C=O) groups excluding carboxylic acids is 2. The monoisotopic (exact) mass is 386 g/mol. The van der Waals surface area contributed by atoms with Gasteiger partial charge in [-0.1, -0.05) is 36.4 Å². The van der Waals surface area contributed by atoms with E-state index < -0.39 is 6.04 Å². The van der Waals surface area contributed by atoms with Gasteiger partial charge in [-0.25, -0.2) is 0 Å². The third kappa shape index (κ3) is 3.18. The number of amides is 2. The number of nitrogens with zero attached hydrogens (tertiary/aromatic N) is 1. The minimum absolute atomic E-state index is 0.0193. The first-order chi connectivity index (χ1) is 14.1. The van der Waals surface area contributed by atoms with E-state index >= 15 is 0 Å². The number of carbonyl (C=O) groups is 2. The van der Waals surface area contributed by atoms with Crippen molar-refractivity contribution in [2.45, 2.75) is 43.8 Å². The summed E-state index contributed by atoms with van der Waals surface area (Å²) in [6.07, 6.45) is 3.11. The predicted molar refractivity (Wildman–Crippen MR) is 109 cm³/mol. The molecule has 2 aliphatic heterocycles. The average Bonchev–Trinajstić information content (AvgIpc) is 3.10. The number of nitriles is 1. The molecule has 1 saturated carbocycles. The molecule has 4 atom stereocenters. The molecule has 6 heteroatoms. The number of hydrogen-bond acceptors (Lipinski definition) is 4. The average molecular weight is 386 g/mol. The summed E-state index contributed by atoms with van der Waals surface area (Å²) in [6, 6.07) is 15.9. The molecule has 6 nitrogen and oxygen atoms in total. The SMILES string of the molecule is N#C[C@H](Cc1ccc(-c2cccc3c2CC(=O)N3)cc1)NC(=O)[C@H]1N[C@@H]2CCC12. The Hall–Kier alpha value is -3.17. The molecule has 0 spiro atoms. The fourth-order valence-electron chi connectivity index (χ4n) is 4.60. The number of fused-ring (bicyclic) bond motifs is 2. The standard InChI is InChI=1S/C23H22N4O2/c24-12-15(25-23(29)22-17-8-9-20(17)27-22)10-13-4-6-14(7-5-13)16-2-1-3-19-18(16)11-21(28)26-19/h1-7,15,17,20,22,27H,8-11H2,(H,25,29)(H,26,28)/t15-,17?,20+,22-/m0/s1. The van der Waals surface area contributed by atoms with Crippen molar-refractivity contribution in [3.05, 3.63) is 53.6 Å². The zero-order chi connectivity index (χ0) is 20.0. The van der Waals surface area contributed by atoms with Crippen molar-refractivity contribution in [3.63, 3.8) is 0 Å². The number of piperidine rings is 1. The van der Waals surface area contributed by atoms with Crippen molar-refractivity contribution < 1.29 is 9.59 Å². The van der Waals surface area contributed by atoms with Crippen LogP contribution >= 0.6 is 0 Å². The van der Waals surface area contributed by atoms with Crippen molar-refractivity contribution in [2.75, 3.05) is 5.32 Å². The first-order valence-corrected chi connectivity index (χ1v) is 10.1. The van der Waals surface area contributed by atoms with Gasteiger partial charge in [-0.3, -0.25) is 9.59 Å². The van der Waals surface area contributed by atoms with E-state index in [9.17, 15) is 14.9 Å². The Morgan fingerprint density at radius 1 is 1.21 bits per heavy atom. The van der Waals surface area contributed by atoms with Crippen molar-refractivity contribution in [3.8, 4) is 17.2 Å². The van der Waals surface area contributed by atoms with E-state index in [0.29, 0.717) is 24.8 Å². The lowest BCUT2D eigenvalue weighted by atomic mass is 9.67. The molecule has 1 unspecified atom stereocenters. The smallest absolute Gasteiger partial charge is 0.238 e. The summed E-state index contributed by atoms with van der Waals surface area (Å²) in [4.78, 5) is 24.1. The Morgan fingerprint density at radius 3 is 2.69 bits per heavy atom. The highest BCUT2D eigenvalue weighted by Crippen LogP contribution is 2.38. The molecular formula is C23H22N4O2. The third-order valence-corrected chi connectivity index (χ3v) is 6.40. The van der Waals surface area contributed by atoms with Gasteiger partial charge >= 0.3 is 0 Å². The Labute approximate surface area is 169 Å². The van der Waals surface area contributed by atoms with Gasteiger partial charge in [0.15, 0.2) is 0 Å². The van der Waals surface area contributed by atoms with E-state index in [1.807, 2.05) is 42.5 Å². The molecule has 146 valence electrons. The first-order valence-electron chi connectivity index (χ1n) is 10.1. The summed E-state index contributed by atoms with van der Waals surface area (Å²) in [5.41, 5.74) is 4.97. The maximum atomic E-state index is 12.4. The molecule has 29 heavy (non-hydrogen) atoms. The maximum Gasteiger partial charge on any atom is 0.238 e. The fraction of sp³-hybridized carbons (Fsp3) is 0.348. The molecule has 1 saturated heterocycles. The van der Waals surface area contributed by atoms with Crippen molar-refractivity contribution in [2.24, 2.45) is 5.92 Å². The van der Waals surface area contributed by atoms with Crippen LogP contribution in [0.15, 0.2) is 42.5 Å². The van der Waals surface area contributed by atoms with Crippen molar-refractivity contribution >= 4 is 17.5 Å². The van der Waals surface area contributed by atoms with Crippen LogP contribution in [-0.2, 0) is 22.4 Å². The van der Waals surface area contributed by atoms with Crippen LogP contribution < -0.4 is 16.0 Å². The molecule has 2 heterocycles. The van der Waals surface area contributed by atoms with Crippen LogP contribution in [-0.4, -0.2) is 29.9 Å². The molecule has 2 amide bonds. The van der Waals surface area contributed by atoms with Gasteiger partial charge in [0.05, 0.1) is 18.5 Å². The fourth-order valence-corrected chi connectivity index (χ4v) is 4.60. The highest BCUT2D eigenvalue weighted by atomic mass is 16.2.